The van der Waals surface area contributed by atoms with E-state index in [-0.39, 0.29) is 18.1 Å². The first-order valence-electron chi connectivity index (χ1n) is 9.12. The largest absolute Gasteiger partial charge is 0.444 e. The van der Waals surface area contributed by atoms with Crippen molar-refractivity contribution in [3.8, 4) is 11.3 Å². The van der Waals surface area contributed by atoms with Gasteiger partial charge in [-0.2, -0.15) is 0 Å². The van der Waals surface area contributed by atoms with Gasteiger partial charge in [-0.25, -0.2) is 9.78 Å². The Labute approximate surface area is 153 Å². The minimum atomic E-state index is -0.609. The summed E-state index contributed by atoms with van der Waals surface area (Å²) in [7, 11) is 0. The van der Waals surface area contributed by atoms with Crippen molar-refractivity contribution in [1.82, 2.24) is 14.5 Å². The number of fused-ring (bicyclic) bond motifs is 3. The predicted octanol–water partition coefficient (Wildman–Crippen LogP) is 3.07. The van der Waals surface area contributed by atoms with Gasteiger partial charge in [0.2, 0.25) is 0 Å². The van der Waals surface area contributed by atoms with Crippen LogP contribution in [0, 0.1) is 5.92 Å². The number of ether oxygens (including phenoxy) is 1. The summed E-state index contributed by atoms with van der Waals surface area (Å²) in [6.07, 6.45) is 3.47. The number of aliphatic hydroxyl groups excluding tert-OH is 1. The van der Waals surface area contributed by atoms with Crippen molar-refractivity contribution in [2.45, 2.75) is 44.9 Å². The highest BCUT2D eigenvalue weighted by molar-refractivity contribution is 5.70. The van der Waals surface area contributed by atoms with Gasteiger partial charge in [-0.05, 0) is 32.8 Å². The summed E-state index contributed by atoms with van der Waals surface area (Å²) in [5, 5.41) is 10.9. The van der Waals surface area contributed by atoms with Crippen LogP contribution in [0.15, 0.2) is 36.8 Å². The molecule has 1 unspecified atom stereocenters. The number of nitrogens with zero attached hydrogens (tertiary/aromatic N) is 3. The zero-order valence-electron chi connectivity index (χ0n) is 15.4. The Hall–Kier alpha value is -2.34. The third-order valence-electron chi connectivity index (χ3n) is 5.21. The maximum absolute atomic E-state index is 12.3. The fourth-order valence-corrected chi connectivity index (χ4v) is 4.12. The van der Waals surface area contributed by atoms with E-state index in [0.717, 1.165) is 12.1 Å². The number of piperidine rings is 1. The van der Waals surface area contributed by atoms with Gasteiger partial charge >= 0.3 is 6.09 Å². The second kappa shape index (κ2) is 6.13. The van der Waals surface area contributed by atoms with Gasteiger partial charge in [0.05, 0.1) is 36.9 Å². The van der Waals surface area contributed by atoms with Gasteiger partial charge in [-0.1, -0.05) is 24.3 Å². The molecule has 0 saturated carbocycles. The summed E-state index contributed by atoms with van der Waals surface area (Å²) < 4.78 is 7.60. The average Bonchev–Trinajstić information content (AvgIpc) is 3.14. The maximum Gasteiger partial charge on any atom is 0.410 e. The molecule has 1 fully saturated rings. The number of carbonyl (C=O) groups excluding carboxylic acids is 1. The molecular weight excluding hydrogens is 330 g/mol. The lowest BCUT2D eigenvalue weighted by molar-refractivity contribution is -0.0193. The number of amides is 1. The van der Waals surface area contributed by atoms with Gasteiger partial charge in [0.15, 0.2) is 0 Å². The van der Waals surface area contributed by atoms with Crippen LogP contribution in [0.2, 0.25) is 0 Å². The van der Waals surface area contributed by atoms with Crippen LogP contribution in [0.4, 0.5) is 4.79 Å². The van der Waals surface area contributed by atoms with E-state index in [2.05, 4.69) is 21.7 Å². The normalized spacial score (nSPS) is 24.9. The number of benzene rings is 1. The van der Waals surface area contributed by atoms with E-state index in [1.807, 2.05) is 45.4 Å². The first-order chi connectivity index (χ1) is 12.3. The van der Waals surface area contributed by atoms with Gasteiger partial charge < -0.3 is 19.3 Å². The first kappa shape index (κ1) is 17.1. The molecule has 1 amide bonds. The standard InChI is InChI=1S/C20H25N3O3/c1-20(2,3)26-19(25)22-9-8-15(17(24)11-22)18-14-7-5-4-6-13(14)16-10-21-12-23(16)18/h4-7,10,12,15,17-18,24H,8-9,11H2,1-3H3/t15-,17-,18?/m1/s1. The fourth-order valence-electron chi connectivity index (χ4n) is 4.12. The molecule has 2 aromatic rings. The van der Waals surface area contributed by atoms with E-state index in [1.54, 1.807) is 4.90 Å². The zero-order valence-corrected chi connectivity index (χ0v) is 15.4. The van der Waals surface area contributed by atoms with Gasteiger partial charge in [0.1, 0.15) is 5.60 Å². The van der Waals surface area contributed by atoms with E-state index >= 15 is 0 Å². The van der Waals surface area contributed by atoms with Crippen LogP contribution in [-0.4, -0.2) is 50.4 Å². The van der Waals surface area contributed by atoms with Crippen molar-refractivity contribution < 1.29 is 14.6 Å². The highest BCUT2D eigenvalue weighted by Crippen LogP contribution is 2.45. The van der Waals surface area contributed by atoms with E-state index in [0.29, 0.717) is 13.1 Å². The molecule has 0 spiro atoms. The van der Waals surface area contributed by atoms with Crippen LogP contribution in [0.1, 0.15) is 38.8 Å². The van der Waals surface area contributed by atoms with Crippen molar-refractivity contribution in [2.75, 3.05) is 13.1 Å². The summed E-state index contributed by atoms with van der Waals surface area (Å²) in [6.45, 7) is 6.43. The van der Waals surface area contributed by atoms with E-state index < -0.39 is 11.7 Å². The summed E-state index contributed by atoms with van der Waals surface area (Å²) in [4.78, 5) is 18.2. The van der Waals surface area contributed by atoms with Gasteiger partial charge in [-0.15, -0.1) is 0 Å². The molecule has 1 saturated heterocycles. The number of carbonyl (C=O) groups is 1. The van der Waals surface area contributed by atoms with Gasteiger partial charge in [-0.3, -0.25) is 0 Å². The molecule has 2 aliphatic heterocycles. The first-order valence-corrected chi connectivity index (χ1v) is 9.12. The van der Waals surface area contributed by atoms with Crippen molar-refractivity contribution in [3.63, 3.8) is 0 Å². The van der Waals surface area contributed by atoms with E-state index in [4.69, 9.17) is 4.74 Å². The molecule has 1 N–H and O–H groups in total. The molecule has 0 aliphatic carbocycles. The number of hydrogen-bond acceptors (Lipinski definition) is 4. The molecule has 3 heterocycles. The molecule has 2 aliphatic rings. The summed E-state index contributed by atoms with van der Waals surface area (Å²) in [5.41, 5.74) is 2.96. The van der Waals surface area contributed by atoms with Gasteiger partial charge in [0.25, 0.3) is 0 Å². The Morgan fingerprint density at radius 3 is 2.81 bits per heavy atom. The minimum absolute atomic E-state index is 0.0327. The second-order valence-electron chi connectivity index (χ2n) is 8.16. The maximum atomic E-state index is 12.3. The number of hydrogen-bond donors (Lipinski definition) is 1. The summed E-state index contributed by atoms with van der Waals surface area (Å²) in [5.74, 6) is 0.0327. The Balaban J connectivity index is 1.55. The van der Waals surface area contributed by atoms with Crippen LogP contribution >= 0.6 is 0 Å². The topological polar surface area (TPSA) is 67.6 Å². The van der Waals surface area contributed by atoms with Crippen molar-refractivity contribution in [3.05, 3.63) is 42.4 Å². The highest BCUT2D eigenvalue weighted by atomic mass is 16.6. The molecule has 3 atom stereocenters. The van der Waals surface area contributed by atoms with Crippen LogP contribution in [0.5, 0.6) is 0 Å². The van der Waals surface area contributed by atoms with E-state index in [9.17, 15) is 9.90 Å². The number of imidazole rings is 1. The third-order valence-corrected chi connectivity index (χ3v) is 5.21. The smallest absolute Gasteiger partial charge is 0.410 e. The lowest BCUT2D eigenvalue weighted by atomic mass is 9.83. The Morgan fingerprint density at radius 1 is 1.31 bits per heavy atom. The number of β-amino-alcohol motifs (C(OH)–C–C–N with tert-alkyl or cyclic N) is 1. The molecule has 1 aromatic heterocycles. The quantitative estimate of drug-likeness (QED) is 0.854. The van der Waals surface area contributed by atoms with Gasteiger partial charge in [0, 0.05) is 18.0 Å². The lowest BCUT2D eigenvalue weighted by Gasteiger charge is -2.39. The van der Waals surface area contributed by atoms with E-state index in [1.165, 1.54) is 11.1 Å². The monoisotopic (exact) mass is 355 g/mol. The molecule has 0 bridgehead atoms. The van der Waals surface area contributed by atoms with Crippen LogP contribution in [0.3, 0.4) is 0 Å². The molecule has 26 heavy (non-hydrogen) atoms. The SMILES string of the molecule is CC(C)(C)OC(=O)N1CC[C@@H](C2c3ccccc3-c3cncn32)[C@H](O)C1. The molecule has 1 aromatic carbocycles. The van der Waals surface area contributed by atoms with Crippen molar-refractivity contribution >= 4 is 6.09 Å². The highest BCUT2D eigenvalue weighted by Gasteiger charge is 2.41. The fraction of sp³-hybridized carbons (Fsp3) is 0.500. The Bertz CT molecular complexity index is 824. The molecule has 6 nitrogen and oxygen atoms in total. The number of rotatable bonds is 1. The Morgan fingerprint density at radius 2 is 2.08 bits per heavy atom. The van der Waals surface area contributed by atoms with Crippen LogP contribution in [-0.2, 0) is 4.74 Å². The third kappa shape index (κ3) is 2.88. The van der Waals surface area contributed by atoms with Crippen molar-refractivity contribution in [1.29, 1.82) is 0 Å². The molecule has 4 rings (SSSR count). The number of aromatic nitrogens is 2. The lowest BCUT2D eigenvalue weighted by Crippen LogP contribution is -2.50. The predicted molar refractivity (Wildman–Crippen MR) is 97.7 cm³/mol. The second-order valence-corrected chi connectivity index (χ2v) is 8.16. The molecule has 138 valence electrons. The van der Waals surface area contributed by atoms with Crippen molar-refractivity contribution in [2.24, 2.45) is 5.92 Å². The molecule has 0 radical (unpaired) electrons. The summed E-state index contributed by atoms with van der Waals surface area (Å²) in [6, 6.07) is 8.35. The minimum Gasteiger partial charge on any atom is -0.444 e. The number of aliphatic hydroxyl groups is 1. The molecule has 6 heteroatoms. The van der Waals surface area contributed by atoms with Crippen LogP contribution in [0.25, 0.3) is 11.3 Å². The van der Waals surface area contributed by atoms with Crippen LogP contribution < -0.4 is 0 Å². The average molecular weight is 355 g/mol. The summed E-state index contributed by atoms with van der Waals surface area (Å²) >= 11 is 0. The Kier molecular flexibility index (Phi) is 4.03. The number of likely N-dealkylation sites (tertiary alicyclic amines) is 1. The zero-order chi connectivity index (χ0) is 18.5. The molecular formula is C20H25N3O3.